The van der Waals surface area contributed by atoms with E-state index < -0.39 is 0 Å². The van der Waals surface area contributed by atoms with Crippen molar-refractivity contribution >= 4 is 63.1 Å². The Kier molecular flexibility index (Phi) is 9.45. The number of piperazine rings is 1. The zero-order valence-corrected chi connectivity index (χ0v) is 24.4. The second kappa shape index (κ2) is 13.4. The molecule has 41 heavy (non-hydrogen) atoms. The van der Waals surface area contributed by atoms with E-state index in [9.17, 15) is 9.59 Å². The van der Waals surface area contributed by atoms with Crippen LogP contribution >= 0.6 is 23.2 Å². The Bertz CT molecular complexity index is 1490. The van der Waals surface area contributed by atoms with Crippen LogP contribution in [0.1, 0.15) is 10.4 Å². The minimum atomic E-state index is -0.220. The van der Waals surface area contributed by atoms with Crippen molar-refractivity contribution in [2.75, 3.05) is 73.1 Å². The number of alkyl halides is 2. The van der Waals surface area contributed by atoms with Gasteiger partial charge in [-0.2, -0.15) is 0 Å². The Morgan fingerprint density at radius 2 is 1.71 bits per heavy atom. The molecule has 0 saturated carbocycles. The fourth-order valence-electron chi connectivity index (χ4n) is 4.95. The van der Waals surface area contributed by atoms with Crippen molar-refractivity contribution in [3.05, 3.63) is 60.3 Å². The first-order valence-electron chi connectivity index (χ1n) is 13.6. The molecule has 1 aliphatic heterocycles. The Labute approximate surface area is 249 Å². The van der Waals surface area contributed by atoms with Crippen molar-refractivity contribution in [2.45, 2.75) is 0 Å². The fourth-order valence-corrected chi connectivity index (χ4v) is 5.35. The third-order valence-corrected chi connectivity index (χ3v) is 7.39. The van der Waals surface area contributed by atoms with Gasteiger partial charge in [-0.1, -0.05) is 0 Å². The van der Waals surface area contributed by atoms with Gasteiger partial charge in [-0.3, -0.25) is 14.5 Å². The third kappa shape index (κ3) is 7.20. The summed E-state index contributed by atoms with van der Waals surface area (Å²) in [6.07, 6.45) is 1.87. The highest BCUT2D eigenvalue weighted by Crippen LogP contribution is 2.26. The molecule has 3 heterocycles. The molecular weight excluding hydrogens is 563 g/mol. The minimum Gasteiger partial charge on any atom is -0.369 e. The summed E-state index contributed by atoms with van der Waals surface area (Å²) in [6.45, 7) is 5.28. The fraction of sp³-hybridized carbons (Fsp3) is 0.345. The van der Waals surface area contributed by atoms with Gasteiger partial charge >= 0.3 is 0 Å². The second-order valence-corrected chi connectivity index (χ2v) is 10.7. The van der Waals surface area contributed by atoms with E-state index in [-0.39, 0.29) is 11.8 Å². The summed E-state index contributed by atoms with van der Waals surface area (Å²) in [5, 5.41) is 9.24. The van der Waals surface area contributed by atoms with Gasteiger partial charge in [0.1, 0.15) is 0 Å². The van der Waals surface area contributed by atoms with Crippen LogP contribution in [0.25, 0.3) is 22.6 Å². The quantitative estimate of drug-likeness (QED) is 0.195. The smallest absolute Gasteiger partial charge is 0.255 e. The van der Waals surface area contributed by atoms with Crippen molar-refractivity contribution < 1.29 is 9.59 Å². The lowest BCUT2D eigenvalue weighted by molar-refractivity contribution is -0.117. The molecule has 2 aromatic carbocycles. The van der Waals surface area contributed by atoms with Crippen molar-refractivity contribution in [2.24, 2.45) is 7.05 Å². The SMILES string of the molecule is Cn1cc(NC(=O)CN2CCNCC2)cc1-c1nc2ccc(C(=O)Nc3ccc(N(CCCl)CCCl)cc3)cc2[nH]1. The van der Waals surface area contributed by atoms with Crippen LogP contribution in [0, 0.1) is 0 Å². The molecule has 2 aromatic heterocycles. The van der Waals surface area contributed by atoms with Gasteiger partial charge in [0.15, 0.2) is 5.82 Å². The molecule has 10 nitrogen and oxygen atoms in total. The Hall–Kier alpha value is -3.57. The number of amides is 2. The number of hydrogen-bond donors (Lipinski definition) is 4. The number of halogens is 2. The van der Waals surface area contributed by atoms with E-state index >= 15 is 0 Å². The lowest BCUT2D eigenvalue weighted by Gasteiger charge is -2.26. The number of aryl methyl sites for hydroxylation is 1. The van der Waals surface area contributed by atoms with E-state index in [4.69, 9.17) is 28.2 Å². The molecule has 1 saturated heterocycles. The average Bonchev–Trinajstić information content (AvgIpc) is 3.56. The standard InChI is InChI=1S/C29H34Cl2N8O2/c1-37-18-22(33-27(40)19-38-14-10-32-11-15-38)17-26(37)28-35-24-7-2-20(16-25(24)36-28)29(41)34-21-3-5-23(6-4-21)39(12-8-30)13-9-31/h2-7,16-18,32H,8-15,19H2,1H3,(H,33,40)(H,34,41)(H,35,36). The van der Waals surface area contributed by atoms with Crippen LogP contribution in [-0.4, -0.2) is 88.8 Å². The molecule has 0 atom stereocenters. The maximum atomic E-state index is 13.0. The molecule has 5 rings (SSSR count). The number of nitrogens with one attached hydrogen (secondary N) is 4. The summed E-state index contributed by atoms with van der Waals surface area (Å²) in [5.74, 6) is 1.40. The van der Waals surface area contributed by atoms with E-state index in [1.165, 1.54) is 0 Å². The van der Waals surface area contributed by atoms with Crippen LogP contribution in [0.3, 0.4) is 0 Å². The zero-order chi connectivity index (χ0) is 28.8. The molecule has 4 N–H and O–H groups in total. The number of carbonyl (C=O) groups is 2. The van der Waals surface area contributed by atoms with E-state index in [1.54, 1.807) is 12.1 Å². The van der Waals surface area contributed by atoms with Gasteiger partial charge in [-0.15, -0.1) is 23.2 Å². The summed E-state index contributed by atoms with van der Waals surface area (Å²) in [7, 11) is 1.91. The van der Waals surface area contributed by atoms with Crippen molar-refractivity contribution in [3.8, 4) is 11.5 Å². The Morgan fingerprint density at radius 1 is 0.976 bits per heavy atom. The number of imidazole rings is 1. The van der Waals surface area contributed by atoms with E-state index in [2.05, 4.69) is 30.7 Å². The first kappa shape index (κ1) is 28.9. The Morgan fingerprint density at radius 3 is 2.41 bits per heavy atom. The van der Waals surface area contributed by atoms with Crippen LogP contribution in [0.2, 0.25) is 0 Å². The average molecular weight is 598 g/mol. The van der Waals surface area contributed by atoms with Crippen LogP contribution in [0.15, 0.2) is 54.7 Å². The number of aromatic nitrogens is 3. The number of benzene rings is 2. The van der Waals surface area contributed by atoms with Crippen LogP contribution in [0.4, 0.5) is 17.1 Å². The molecule has 0 bridgehead atoms. The van der Waals surface area contributed by atoms with E-state index in [1.807, 2.05) is 54.2 Å². The number of nitrogens with zero attached hydrogens (tertiary/aromatic N) is 4. The van der Waals surface area contributed by atoms with Crippen molar-refractivity contribution in [1.82, 2.24) is 24.8 Å². The molecule has 0 aliphatic carbocycles. The molecule has 12 heteroatoms. The van der Waals surface area contributed by atoms with Gasteiger partial charge in [0.05, 0.1) is 29.0 Å². The predicted octanol–water partition coefficient (Wildman–Crippen LogP) is 3.95. The molecule has 0 unspecified atom stereocenters. The van der Waals surface area contributed by atoms with Gasteiger partial charge in [0.2, 0.25) is 5.91 Å². The maximum absolute atomic E-state index is 13.0. The Balaban J connectivity index is 1.25. The third-order valence-electron chi connectivity index (χ3n) is 7.05. The number of H-pyrrole nitrogens is 1. The number of fused-ring (bicyclic) bond motifs is 1. The van der Waals surface area contributed by atoms with E-state index in [0.717, 1.165) is 48.6 Å². The van der Waals surface area contributed by atoms with Gasteiger partial charge in [0.25, 0.3) is 5.91 Å². The highest BCUT2D eigenvalue weighted by Gasteiger charge is 2.17. The highest BCUT2D eigenvalue weighted by molar-refractivity contribution is 6.18. The maximum Gasteiger partial charge on any atom is 0.255 e. The number of rotatable bonds is 11. The highest BCUT2D eigenvalue weighted by atomic mass is 35.5. The number of aromatic amines is 1. The van der Waals surface area contributed by atoms with Crippen LogP contribution in [0.5, 0.6) is 0 Å². The molecule has 4 aromatic rings. The second-order valence-electron chi connectivity index (χ2n) is 9.98. The number of hydrogen-bond acceptors (Lipinski definition) is 6. The summed E-state index contributed by atoms with van der Waals surface area (Å²) in [5.41, 5.74) is 5.21. The minimum absolute atomic E-state index is 0.0400. The first-order chi connectivity index (χ1) is 19.9. The molecule has 0 spiro atoms. The molecular formula is C29H34Cl2N8O2. The van der Waals surface area contributed by atoms with Crippen molar-refractivity contribution in [3.63, 3.8) is 0 Å². The summed E-state index contributed by atoms with van der Waals surface area (Å²) < 4.78 is 1.91. The molecule has 1 fully saturated rings. The lowest BCUT2D eigenvalue weighted by atomic mass is 10.2. The molecule has 0 radical (unpaired) electrons. The van der Waals surface area contributed by atoms with Gasteiger partial charge in [0, 0.05) is 81.2 Å². The van der Waals surface area contributed by atoms with Crippen LogP contribution < -0.4 is 20.9 Å². The summed E-state index contributed by atoms with van der Waals surface area (Å²) >= 11 is 11.8. The van der Waals surface area contributed by atoms with Gasteiger partial charge in [-0.25, -0.2) is 4.98 Å². The molecule has 2 amide bonds. The lowest BCUT2D eigenvalue weighted by Crippen LogP contribution is -2.46. The van der Waals surface area contributed by atoms with Crippen LogP contribution in [-0.2, 0) is 11.8 Å². The summed E-state index contributed by atoms with van der Waals surface area (Å²) in [4.78, 5) is 37.8. The monoisotopic (exact) mass is 596 g/mol. The first-order valence-corrected chi connectivity index (χ1v) is 14.7. The largest absolute Gasteiger partial charge is 0.369 e. The van der Waals surface area contributed by atoms with Gasteiger partial charge < -0.3 is 30.4 Å². The van der Waals surface area contributed by atoms with E-state index in [0.29, 0.717) is 54.2 Å². The van der Waals surface area contributed by atoms with Crippen molar-refractivity contribution in [1.29, 1.82) is 0 Å². The number of anilines is 3. The normalized spacial score (nSPS) is 13.8. The van der Waals surface area contributed by atoms with Gasteiger partial charge in [-0.05, 0) is 48.5 Å². The molecule has 1 aliphatic rings. The predicted molar refractivity (Wildman–Crippen MR) is 166 cm³/mol. The zero-order valence-electron chi connectivity index (χ0n) is 22.9. The molecule has 216 valence electrons. The topological polar surface area (TPSA) is 110 Å². The number of carbonyl (C=O) groups excluding carboxylic acids is 2. The summed E-state index contributed by atoms with van der Waals surface area (Å²) in [6, 6.07) is 14.9.